The van der Waals surface area contributed by atoms with E-state index in [-0.39, 0.29) is 24.8 Å². The Hall–Kier alpha value is -2.84. The number of anilines is 1. The molecule has 2 amide bonds. The highest BCUT2D eigenvalue weighted by Crippen LogP contribution is 2.30. The van der Waals surface area contributed by atoms with Gasteiger partial charge in [-0.3, -0.25) is 14.5 Å². The van der Waals surface area contributed by atoms with Gasteiger partial charge in [-0.15, -0.1) is 0 Å². The minimum absolute atomic E-state index is 0.0693. The highest BCUT2D eigenvalue weighted by atomic mass is 35.5. The molecule has 0 radical (unpaired) electrons. The van der Waals surface area contributed by atoms with Crippen molar-refractivity contribution in [2.24, 2.45) is 4.99 Å². The second-order valence-electron chi connectivity index (χ2n) is 6.61. The van der Waals surface area contributed by atoms with Crippen LogP contribution in [0.1, 0.15) is 30.6 Å². The number of hydrogen-bond acceptors (Lipinski definition) is 6. The Balaban J connectivity index is 1.74. The molecule has 2 aromatic rings. The molecule has 0 bridgehead atoms. The van der Waals surface area contributed by atoms with E-state index in [9.17, 15) is 14.4 Å². The second-order valence-corrected chi connectivity index (χ2v) is 8.22. The normalized spacial score (nSPS) is 17.5. The highest BCUT2D eigenvalue weighted by molar-refractivity contribution is 8.15. The number of amidine groups is 1. The quantitative estimate of drug-likeness (QED) is 0.642. The molecule has 1 aliphatic rings. The van der Waals surface area contributed by atoms with Gasteiger partial charge >= 0.3 is 5.97 Å². The second kappa shape index (κ2) is 10.5. The molecule has 0 saturated carbocycles. The van der Waals surface area contributed by atoms with Crippen molar-refractivity contribution >= 4 is 57.7 Å². The smallest absolute Gasteiger partial charge is 0.338 e. The summed E-state index contributed by atoms with van der Waals surface area (Å²) >= 11 is 7.27. The monoisotopic (exact) mass is 459 g/mol. The maximum atomic E-state index is 12.8. The number of carbonyl (C=O) groups excluding carboxylic acids is 3. The van der Waals surface area contributed by atoms with Gasteiger partial charge < -0.3 is 10.1 Å². The Morgan fingerprint density at radius 2 is 1.97 bits per heavy atom. The maximum absolute atomic E-state index is 12.8. The van der Waals surface area contributed by atoms with Gasteiger partial charge in [-0.2, -0.15) is 0 Å². The Labute approximate surface area is 189 Å². The Morgan fingerprint density at radius 3 is 2.61 bits per heavy atom. The predicted octanol–water partition coefficient (Wildman–Crippen LogP) is 4.50. The molecule has 1 fully saturated rings. The number of rotatable bonds is 6. The summed E-state index contributed by atoms with van der Waals surface area (Å²) in [5.74, 6) is -0.896. The molecule has 7 nitrogen and oxygen atoms in total. The van der Waals surface area contributed by atoms with E-state index in [1.165, 1.54) is 11.8 Å². The van der Waals surface area contributed by atoms with Gasteiger partial charge in [0.1, 0.15) is 5.25 Å². The minimum atomic E-state index is -0.627. The van der Waals surface area contributed by atoms with Crippen LogP contribution in [0.5, 0.6) is 0 Å². The van der Waals surface area contributed by atoms with Crippen molar-refractivity contribution in [1.82, 2.24) is 4.90 Å². The van der Waals surface area contributed by atoms with Crippen LogP contribution in [0.3, 0.4) is 0 Å². The van der Waals surface area contributed by atoms with Crippen molar-refractivity contribution in [2.75, 3.05) is 18.5 Å². The standard InChI is InChI=1S/C22H22ClN3O4S/c1-3-26-19(27)13-18(31-22(26)25-17-7-5-6-15(23)12-17)20(28)24-16-10-8-14(9-11-16)21(29)30-4-2/h5-12,18H,3-4,13H2,1-2H3,(H,24,28). The lowest BCUT2D eigenvalue weighted by atomic mass is 10.2. The van der Waals surface area contributed by atoms with Crippen LogP contribution in [-0.4, -0.2) is 46.3 Å². The van der Waals surface area contributed by atoms with Gasteiger partial charge in [-0.1, -0.05) is 29.4 Å². The average Bonchev–Trinajstić information content (AvgIpc) is 2.74. The first kappa shape index (κ1) is 22.8. The third-order valence-corrected chi connectivity index (χ3v) is 5.87. The fraction of sp³-hybridized carbons (Fsp3) is 0.273. The molecule has 0 aliphatic carbocycles. The van der Waals surface area contributed by atoms with Gasteiger partial charge in [0.05, 0.1) is 17.9 Å². The SMILES string of the molecule is CCOC(=O)c1ccc(NC(=O)C2CC(=O)N(CC)C(=Nc3cccc(Cl)c3)S2)cc1. The van der Waals surface area contributed by atoms with Crippen LogP contribution in [-0.2, 0) is 14.3 Å². The van der Waals surface area contributed by atoms with E-state index in [0.29, 0.717) is 33.7 Å². The fourth-order valence-electron chi connectivity index (χ4n) is 2.94. The molecule has 162 valence electrons. The number of amides is 2. The summed E-state index contributed by atoms with van der Waals surface area (Å²) in [4.78, 5) is 43.3. The number of carbonyl (C=O) groups is 3. The van der Waals surface area contributed by atoms with Gasteiger partial charge in [0, 0.05) is 23.7 Å². The first-order valence-corrected chi connectivity index (χ1v) is 11.1. The molecule has 3 rings (SSSR count). The molecule has 2 aromatic carbocycles. The third kappa shape index (κ3) is 5.86. The molecular formula is C22H22ClN3O4S. The summed E-state index contributed by atoms with van der Waals surface area (Å²) in [5, 5.41) is 3.17. The number of benzene rings is 2. The molecule has 1 N–H and O–H groups in total. The Bertz CT molecular complexity index is 1010. The van der Waals surface area contributed by atoms with Gasteiger partial charge in [-0.25, -0.2) is 9.79 Å². The number of thioether (sulfide) groups is 1. The zero-order valence-corrected chi connectivity index (χ0v) is 18.7. The number of ether oxygens (including phenoxy) is 1. The first-order valence-electron chi connectivity index (χ1n) is 9.80. The number of halogens is 1. The molecule has 1 heterocycles. The number of esters is 1. The molecule has 1 atom stereocenters. The lowest BCUT2D eigenvalue weighted by Gasteiger charge is -2.30. The summed E-state index contributed by atoms with van der Waals surface area (Å²) in [6.45, 7) is 4.34. The molecule has 1 aliphatic heterocycles. The summed E-state index contributed by atoms with van der Waals surface area (Å²) in [6, 6.07) is 13.4. The van der Waals surface area contributed by atoms with E-state index in [1.54, 1.807) is 60.4 Å². The largest absolute Gasteiger partial charge is 0.462 e. The van der Waals surface area contributed by atoms with Crippen molar-refractivity contribution in [3.05, 3.63) is 59.1 Å². The Morgan fingerprint density at radius 1 is 1.23 bits per heavy atom. The lowest BCUT2D eigenvalue weighted by Crippen LogP contribution is -2.45. The number of nitrogens with one attached hydrogen (secondary N) is 1. The molecule has 0 aromatic heterocycles. The number of aliphatic imine (C=N–C) groups is 1. The molecule has 9 heteroatoms. The van der Waals surface area contributed by atoms with Crippen LogP contribution >= 0.6 is 23.4 Å². The lowest BCUT2D eigenvalue weighted by molar-refractivity contribution is -0.129. The molecule has 1 saturated heterocycles. The van der Waals surface area contributed by atoms with Crippen LogP contribution in [0, 0.1) is 0 Å². The minimum Gasteiger partial charge on any atom is -0.462 e. The van der Waals surface area contributed by atoms with E-state index >= 15 is 0 Å². The van der Waals surface area contributed by atoms with Crippen molar-refractivity contribution in [3.63, 3.8) is 0 Å². The first-order chi connectivity index (χ1) is 14.9. The van der Waals surface area contributed by atoms with Crippen molar-refractivity contribution in [3.8, 4) is 0 Å². The summed E-state index contributed by atoms with van der Waals surface area (Å²) in [6.07, 6.45) is 0.0693. The van der Waals surface area contributed by atoms with Crippen LogP contribution in [0.15, 0.2) is 53.5 Å². The fourth-order valence-corrected chi connectivity index (χ4v) is 4.28. The predicted molar refractivity (Wildman–Crippen MR) is 123 cm³/mol. The molecule has 1 unspecified atom stereocenters. The van der Waals surface area contributed by atoms with Gasteiger partial charge in [0.15, 0.2) is 5.17 Å². The zero-order valence-electron chi connectivity index (χ0n) is 17.1. The van der Waals surface area contributed by atoms with Crippen LogP contribution in [0.2, 0.25) is 5.02 Å². The molecular weight excluding hydrogens is 438 g/mol. The van der Waals surface area contributed by atoms with Crippen LogP contribution in [0.4, 0.5) is 11.4 Å². The summed E-state index contributed by atoms with van der Waals surface area (Å²) in [5.41, 5.74) is 1.53. The highest BCUT2D eigenvalue weighted by Gasteiger charge is 2.35. The van der Waals surface area contributed by atoms with E-state index in [0.717, 1.165) is 0 Å². The molecule has 0 spiro atoms. The van der Waals surface area contributed by atoms with E-state index in [1.807, 2.05) is 6.92 Å². The van der Waals surface area contributed by atoms with Crippen LogP contribution in [0.25, 0.3) is 0 Å². The number of hydrogen-bond donors (Lipinski definition) is 1. The van der Waals surface area contributed by atoms with E-state index in [2.05, 4.69) is 10.3 Å². The van der Waals surface area contributed by atoms with Crippen LogP contribution < -0.4 is 5.32 Å². The topological polar surface area (TPSA) is 88.1 Å². The summed E-state index contributed by atoms with van der Waals surface area (Å²) < 4.78 is 4.95. The van der Waals surface area contributed by atoms with E-state index in [4.69, 9.17) is 16.3 Å². The van der Waals surface area contributed by atoms with Gasteiger partial charge in [0.2, 0.25) is 11.8 Å². The summed E-state index contributed by atoms with van der Waals surface area (Å²) in [7, 11) is 0. The zero-order chi connectivity index (χ0) is 22.4. The van der Waals surface area contributed by atoms with E-state index < -0.39 is 11.2 Å². The maximum Gasteiger partial charge on any atom is 0.338 e. The average molecular weight is 460 g/mol. The van der Waals surface area contributed by atoms with Crippen molar-refractivity contribution in [1.29, 1.82) is 0 Å². The van der Waals surface area contributed by atoms with Gasteiger partial charge in [0.25, 0.3) is 0 Å². The van der Waals surface area contributed by atoms with Crippen molar-refractivity contribution in [2.45, 2.75) is 25.5 Å². The third-order valence-electron chi connectivity index (χ3n) is 4.44. The van der Waals surface area contributed by atoms with Crippen molar-refractivity contribution < 1.29 is 19.1 Å². The van der Waals surface area contributed by atoms with Gasteiger partial charge in [-0.05, 0) is 56.3 Å². The molecule has 31 heavy (non-hydrogen) atoms. The number of nitrogens with zero attached hydrogens (tertiary/aromatic N) is 2. The Kier molecular flexibility index (Phi) is 7.70.